The Morgan fingerprint density at radius 1 is 0.971 bits per heavy atom. The highest BCUT2D eigenvalue weighted by Crippen LogP contribution is 2.44. The molecule has 0 saturated carbocycles. The van der Waals surface area contributed by atoms with Gasteiger partial charge in [0.2, 0.25) is 0 Å². The number of Topliss-reactive ketones (excluding diaryl/α,β-unsaturated/α-hetero) is 1. The number of aromatic hydroxyl groups is 1. The zero-order valence-electron chi connectivity index (χ0n) is 19.2. The van der Waals surface area contributed by atoms with Gasteiger partial charge in [0.15, 0.2) is 11.5 Å². The van der Waals surface area contributed by atoms with Crippen LogP contribution in [0.15, 0.2) is 76.8 Å². The zero-order valence-corrected chi connectivity index (χ0v) is 20.8. The van der Waals surface area contributed by atoms with Crippen molar-refractivity contribution in [2.75, 3.05) is 18.1 Å². The first-order valence-corrected chi connectivity index (χ1v) is 11.9. The van der Waals surface area contributed by atoms with Gasteiger partial charge < -0.3 is 19.7 Å². The van der Waals surface area contributed by atoms with E-state index in [0.29, 0.717) is 35.8 Å². The molecule has 1 heterocycles. The average Bonchev–Trinajstić information content (AvgIpc) is 3.11. The summed E-state index contributed by atoms with van der Waals surface area (Å²) in [5.74, 6) is -1.22. The normalized spacial score (nSPS) is 17.0. The Morgan fingerprint density at radius 2 is 1.69 bits per heavy atom. The molecule has 2 N–H and O–H groups in total. The van der Waals surface area contributed by atoms with Crippen LogP contribution in [0.2, 0.25) is 0 Å². The smallest absolute Gasteiger partial charge is 0.300 e. The van der Waals surface area contributed by atoms with Gasteiger partial charge in [-0.05, 0) is 55.8 Å². The van der Waals surface area contributed by atoms with Gasteiger partial charge >= 0.3 is 0 Å². The standard InChI is InChI=1S/C27H24BrNO6/c1-3-34-20-7-5-6-19(15-20)29-24(17-10-13-21(30)22(14-17)35-4-2)23(26(32)27(29)33)25(31)16-8-11-18(28)12-9-16/h5-15,24,30-31H,3-4H2,1-2H3/b25-23-. The van der Waals surface area contributed by atoms with Crippen LogP contribution in [0.25, 0.3) is 5.76 Å². The maximum absolute atomic E-state index is 13.3. The van der Waals surface area contributed by atoms with Crippen LogP contribution in [0.1, 0.15) is 31.0 Å². The molecule has 3 aromatic rings. The third kappa shape index (κ3) is 4.74. The van der Waals surface area contributed by atoms with Gasteiger partial charge in [-0.3, -0.25) is 14.5 Å². The van der Waals surface area contributed by atoms with Crippen LogP contribution >= 0.6 is 15.9 Å². The number of phenols is 1. The molecule has 35 heavy (non-hydrogen) atoms. The summed E-state index contributed by atoms with van der Waals surface area (Å²) in [4.78, 5) is 28.0. The summed E-state index contributed by atoms with van der Waals surface area (Å²) in [7, 11) is 0. The number of anilines is 1. The summed E-state index contributed by atoms with van der Waals surface area (Å²) in [5.41, 5.74) is 1.25. The van der Waals surface area contributed by atoms with Gasteiger partial charge in [0.25, 0.3) is 11.7 Å². The third-order valence-corrected chi connectivity index (χ3v) is 6.10. The van der Waals surface area contributed by atoms with Crippen molar-refractivity contribution in [1.29, 1.82) is 0 Å². The molecule has 8 heteroatoms. The monoisotopic (exact) mass is 537 g/mol. The number of benzene rings is 3. The second-order valence-electron chi connectivity index (χ2n) is 7.77. The van der Waals surface area contributed by atoms with Crippen LogP contribution < -0.4 is 14.4 Å². The van der Waals surface area contributed by atoms with Crippen molar-refractivity contribution in [3.8, 4) is 17.2 Å². The topological polar surface area (TPSA) is 96.3 Å². The number of aliphatic hydroxyl groups excluding tert-OH is 1. The van der Waals surface area contributed by atoms with Gasteiger partial charge in [-0.2, -0.15) is 0 Å². The van der Waals surface area contributed by atoms with Gasteiger partial charge in [-0.1, -0.05) is 40.2 Å². The van der Waals surface area contributed by atoms with E-state index in [4.69, 9.17) is 9.47 Å². The van der Waals surface area contributed by atoms with Crippen molar-refractivity contribution in [2.45, 2.75) is 19.9 Å². The number of carbonyl (C=O) groups is 2. The van der Waals surface area contributed by atoms with Crippen LogP contribution in [-0.2, 0) is 9.59 Å². The van der Waals surface area contributed by atoms with Crippen molar-refractivity contribution >= 4 is 39.1 Å². The van der Waals surface area contributed by atoms with E-state index in [-0.39, 0.29) is 22.8 Å². The fourth-order valence-corrected chi connectivity index (χ4v) is 4.30. The first-order valence-electron chi connectivity index (χ1n) is 11.1. The SMILES string of the molecule is CCOc1cccc(N2C(=O)C(=O)/C(=C(\O)c3ccc(Br)cc3)C2c2ccc(O)c(OCC)c2)c1. The summed E-state index contributed by atoms with van der Waals surface area (Å²) in [5, 5.41) is 21.4. The second kappa shape index (κ2) is 10.2. The minimum Gasteiger partial charge on any atom is -0.507 e. The highest BCUT2D eigenvalue weighted by molar-refractivity contribution is 9.10. The predicted octanol–water partition coefficient (Wildman–Crippen LogP) is 5.58. The molecule has 0 aromatic heterocycles. The molecule has 0 spiro atoms. The van der Waals surface area contributed by atoms with Crippen LogP contribution in [0.4, 0.5) is 5.69 Å². The molecule has 1 amide bonds. The second-order valence-corrected chi connectivity index (χ2v) is 8.68. The fraction of sp³-hybridized carbons (Fsp3) is 0.185. The number of rotatable bonds is 7. The Balaban J connectivity index is 1.94. The van der Waals surface area contributed by atoms with Gasteiger partial charge in [-0.25, -0.2) is 0 Å². The number of hydrogen-bond acceptors (Lipinski definition) is 6. The molecule has 1 unspecified atom stereocenters. The van der Waals surface area contributed by atoms with Crippen LogP contribution in [-0.4, -0.2) is 35.1 Å². The lowest BCUT2D eigenvalue weighted by atomic mass is 9.94. The molecule has 0 radical (unpaired) electrons. The van der Waals surface area contributed by atoms with E-state index in [2.05, 4.69) is 15.9 Å². The first kappa shape index (κ1) is 24.3. The molecule has 3 aromatic carbocycles. The van der Waals surface area contributed by atoms with Crippen molar-refractivity contribution < 1.29 is 29.3 Å². The molecular formula is C27H24BrNO6. The van der Waals surface area contributed by atoms with Gasteiger partial charge in [0.05, 0.1) is 24.8 Å². The van der Waals surface area contributed by atoms with E-state index in [0.717, 1.165) is 4.47 Å². The lowest BCUT2D eigenvalue weighted by Gasteiger charge is -2.26. The third-order valence-electron chi connectivity index (χ3n) is 5.57. The summed E-state index contributed by atoms with van der Waals surface area (Å²) in [6.45, 7) is 4.38. The summed E-state index contributed by atoms with van der Waals surface area (Å²) in [6, 6.07) is 17.3. The first-order chi connectivity index (χ1) is 16.8. The minimum absolute atomic E-state index is 0.0627. The maximum Gasteiger partial charge on any atom is 0.300 e. The minimum atomic E-state index is -0.963. The highest BCUT2D eigenvalue weighted by atomic mass is 79.9. The number of amides is 1. The Morgan fingerprint density at radius 3 is 2.37 bits per heavy atom. The number of ketones is 1. The van der Waals surface area contributed by atoms with E-state index in [1.165, 1.54) is 11.0 Å². The number of nitrogens with zero attached hydrogens (tertiary/aromatic N) is 1. The Labute approximate surface area is 211 Å². The summed E-state index contributed by atoms with van der Waals surface area (Å²) in [6.07, 6.45) is 0. The number of hydrogen-bond donors (Lipinski definition) is 2. The molecule has 7 nitrogen and oxygen atoms in total. The quantitative estimate of drug-likeness (QED) is 0.232. The molecule has 1 saturated heterocycles. The number of halogens is 1. The molecule has 1 atom stereocenters. The van der Waals surface area contributed by atoms with Crippen molar-refractivity contribution in [1.82, 2.24) is 0 Å². The van der Waals surface area contributed by atoms with Crippen LogP contribution in [0.5, 0.6) is 17.2 Å². The largest absolute Gasteiger partial charge is 0.507 e. The number of carbonyl (C=O) groups excluding carboxylic acids is 2. The average molecular weight is 538 g/mol. The molecular weight excluding hydrogens is 514 g/mol. The van der Waals surface area contributed by atoms with Crippen molar-refractivity contribution in [3.05, 3.63) is 87.9 Å². The lowest BCUT2D eigenvalue weighted by molar-refractivity contribution is -0.132. The van der Waals surface area contributed by atoms with E-state index in [1.807, 2.05) is 6.92 Å². The van der Waals surface area contributed by atoms with Gasteiger partial charge in [0, 0.05) is 21.8 Å². The molecule has 1 aliphatic rings. The predicted molar refractivity (Wildman–Crippen MR) is 136 cm³/mol. The van der Waals surface area contributed by atoms with E-state index in [9.17, 15) is 19.8 Å². The Kier molecular flexibility index (Phi) is 7.12. The van der Waals surface area contributed by atoms with Crippen molar-refractivity contribution in [3.63, 3.8) is 0 Å². The Bertz CT molecular complexity index is 1300. The Hall–Kier alpha value is -3.78. The molecule has 4 rings (SSSR count). The maximum atomic E-state index is 13.3. The molecule has 0 bridgehead atoms. The lowest BCUT2D eigenvalue weighted by Crippen LogP contribution is -2.29. The molecule has 0 aliphatic carbocycles. The van der Waals surface area contributed by atoms with E-state index >= 15 is 0 Å². The van der Waals surface area contributed by atoms with Crippen molar-refractivity contribution in [2.24, 2.45) is 0 Å². The molecule has 1 aliphatic heterocycles. The van der Waals surface area contributed by atoms with Crippen LogP contribution in [0.3, 0.4) is 0 Å². The van der Waals surface area contributed by atoms with E-state index < -0.39 is 17.7 Å². The van der Waals surface area contributed by atoms with Crippen LogP contribution in [0, 0.1) is 0 Å². The summed E-state index contributed by atoms with van der Waals surface area (Å²) >= 11 is 3.36. The number of ether oxygens (including phenoxy) is 2. The van der Waals surface area contributed by atoms with Gasteiger partial charge in [0.1, 0.15) is 11.5 Å². The molecule has 1 fully saturated rings. The van der Waals surface area contributed by atoms with E-state index in [1.54, 1.807) is 67.6 Å². The fourth-order valence-electron chi connectivity index (χ4n) is 4.04. The number of phenolic OH excluding ortho intramolecular Hbond substituents is 1. The van der Waals surface area contributed by atoms with Gasteiger partial charge in [-0.15, -0.1) is 0 Å². The zero-order chi connectivity index (χ0) is 25.1. The highest BCUT2D eigenvalue weighted by Gasteiger charge is 2.47. The molecule has 180 valence electrons. The number of aliphatic hydroxyl groups is 1. The summed E-state index contributed by atoms with van der Waals surface area (Å²) < 4.78 is 11.9.